The SMILES string of the molecule is CCNC(=NCC1(CC)CCCC1)NC1CCC(C(=O)N2CCSCC2)CC1. The number of carbonyl (C=O) groups excluding carboxylic acids is 1. The number of rotatable bonds is 6. The standard InChI is InChI=1S/C22H40N4OS/c1-3-22(11-5-6-12-22)17-24-21(23-4-2)25-19-9-7-18(8-10-19)20(27)26-13-15-28-16-14-26/h18-19H,3-17H2,1-2H3,(H2,23,24,25). The zero-order valence-electron chi connectivity index (χ0n) is 18.0. The van der Waals surface area contributed by atoms with Crippen LogP contribution >= 0.6 is 11.8 Å². The molecule has 0 aromatic heterocycles. The Bertz CT molecular complexity index is 519. The molecule has 1 amide bonds. The number of hydrogen-bond acceptors (Lipinski definition) is 3. The largest absolute Gasteiger partial charge is 0.357 e. The number of thioether (sulfide) groups is 1. The van der Waals surface area contributed by atoms with Gasteiger partial charge in [-0.1, -0.05) is 19.8 Å². The monoisotopic (exact) mass is 408 g/mol. The molecule has 0 atom stereocenters. The molecule has 2 N–H and O–H groups in total. The van der Waals surface area contributed by atoms with E-state index in [1.54, 1.807) is 0 Å². The summed E-state index contributed by atoms with van der Waals surface area (Å²) in [4.78, 5) is 19.8. The van der Waals surface area contributed by atoms with Crippen LogP contribution in [0.2, 0.25) is 0 Å². The van der Waals surface area contributed by atoms with Gasteiger partial charge < -0.3 is 15.5 Å². The molecule has 3 fully saturated rings. The van der Waals surface area contributed by atoms with Gasteiger partial charge in [0.25, 0.3) is 0 Å². The summed E-state index contributed by atoms with van der Waals surface area (Å²) < 4.78 is 0. The Balaban J connectivity index is 1.48. The van der Waals surface area contributed by atoms with Crippen molar-refractivity contribution in [3.05, 3.63) is 0 Å². The number of hydrogen-bond donors (Lipinski definition) is 2. The van der Waals surface area contributed by atoms with Gasteiger partial charge in [0.1, 0.15) is 0 Å². The minimum atomic E-state index is 0.238. The third kappa shape index (κ3) is 5.80. The average Bonchev–Trinajstić information content (AvgIpc) is 3.22. The third-order valence-corrected chi connectivity index (χ3v) is 8.01. The van der Waals surface area contributed by atoms with Crippen LogP contribution in [0.3, 0.4) is 0 Å². The van der Waals surface area contributed by atoms with Gasteiger partial charge in [-0.2, -0.15) is 11.8 Å². The van der Waals surface area contributed by atoms with E-state index in [-0.39, 0.29) is 5.92 Å². The maximum Gasteiger partial charge on any atom is 0.225 e. The molecule has 28 heavy (non-hydrogen) atoms. The molecule has 2 saturated carbocycles. The van der Waals surface area contributed by atoms with E-state index in [0.29, 0.717) is 17.4 Å². The number of guanidine groups is 1. The molecule has 6 heteroatoms. The molecule has 0 spiro atoms. The number of carbonyl (C=O) groups is 1. The summed E-state index contributed by atoms with van der Waals surface area (Å²) in [7, 11) is 0. The molecule has 1 aliphatic heterocycles. The summed E-state index contributed by atoms with van der Waals surface area (Å²) in [6.07, 6.45) is 10.8. The first-order chi connectivity index (χ1) is 13.7. The molecular formula is C22H40N4OS. The second-order valence-corrected chi connectivity index (χ2v) is 10.1. The van der Waals surface area contributed by atoms with Gasteiger partial charge in [-0.25, -0.2) is 0 Å². The molecular weight excluding hydrogens is 368 g/mol. The van der Waals surface area contributed by atoms with E-state index in [1.165, 1.54) is 32.1 Å². The van der Waals surface area contributed by atoms with E-state index >= 15 is 0 Å². The maximum atomic E-state index is 12.8. The lowest BCUT2D eigenvalue weighted by Gasteiger charge is -2.34. The van der Waals surface area contributed by atoms with Crippen molar-refractivity contribution in [2.45, 2.75) is 77.7 Å². The van der Waals surface area contributed by atoms with Crippen LogP contribution in [0.4, 0.5) is 0 Å². The van der Waals surface area contributed by atoms with Gasteiger partial charge in [0.2, 0.25) is 5.91 Å². The predicted octanol–water partition coefficient (Wildman–Crippen LogP) is 3.65. The first-order valence-electron chi connectivity index (χ1n) is 11.6. The number of aliphatic imine (C=N–C) groups is 1. The van der Waals surface area contributed by atoms with E-state index in [1.807, 2.05) is 11.8 Å². The molecule has 3 aliphatic rings. The van der Waals surface area contributed by atoms with E-state index in [2.05, 4.69) is 29.4 Å². The number of amides is 1. The molecule has 0 aromatic rings. The van der Waals surface area contributed by atoms with Crippen LogP contribution in [0.5, 0.6) is 0 Å². The molecule has 160 valence electrons. The lowest BCUT2D eigenvalue weighted by molar-refractivity contribution is -0.136. The van der Waals surface area contributed by atoms with E-state index in [4.69, 9.17) is 4.99 Å². The molecule has 1 heterocycles. The highest BCUT2D eigenvalue weighted by Gasteiger charge is 2.33. The average molecular weight is 409 g/mol. The summed E-state index contributed by atoms with van der Waals surface area (Å²) >= 11 is 1.97. The lowest BCUT2D eigenvalue weighted by Crippen LogP contribution is -2.47. The van der Waals surface area contributed by atoms with Gasteiger partial charge in [0.15, 0.2) is 5.96 Å². The summed E-state index contributed by atoms with van der Waals surface area (Å²) in [6.45, 7) is 8.18. The minimum absolute atomic E-state index is 0.238. The summed E-state index contributed by atoms with van der Waals surface area (Å²) in [5, 5.41) is 7.11. The van der Waals surface area contributed by atoms with E-state index in [9.17, 15) is 4.79 Å². The van der Waals surface area contributed by atoms with Crippen LogP contribution < -0.4 is 10.6 Å². The maximum absolute atomic E-state index is 12.8. The Kier molecular flexibility index (Phi) is 8.36. The first kappa shape index (κ1) is 21.8. The Morgan fingerprint density at radius 2 is 1.79 bits per heavy atom. The number of nitrogens with one attached hydrogen (secondary N) is 2. The lowest BCUT2D eigenvalue weighted by atomic mass is 9.83. The van der Waals surface area contributed by atoms with Crippen molar-refractivity contribution in [3.8, 4) is 0 Å². The molecule has 0 aromatic carbocycles. The van der Waals surface area contributed by atoms with Crippen molar-refractivity contribution in [2.24, 2.45) is 16.3 Å². The third-order valence-electron chi connectivity index (χ3n) is 7.07. The zero-order chi connectivity index (χ0) is 19.8. The Hall–Kier alpha value is -0.910. The van der Waals surface area contributed by atoms with Crippen molar-refractivity contribution >= 4 is 23.6 Å². The van der Waals surface area contributed by atoms with Crippen molar-refractivity contribution in [2.75, 3.05) is 37.7 Å². The molecule has 0 radical (unpaired) electrons. The molecule has 1 saturated heterocycles. The summed E-state index contributed by atoms with van der Waals surface area (Å²) in [5.74, 6) is 3.83. The van der Waals surface area contributed by atoms with Crippen molar-refractivity contribution < 1.29 is 4.79 Å². The molecule has 3 rings (SSSR count). The smallest absolute Gasteiger partial charge is 0.225 e. The fourth-order valence-corrected chi connectivity index (χ4v) is 5.94. The predicted molar refractivity (Wildman–Crippen MR) is 120 cm³/mol. The van der Waals surface area contributed by atoms with Gasteiger partial charge in [0.05, 0.1) is 0 Å². The summed E-state index contributed by atoms with van der Waals surface area (Å²) in [5.41, 5.74) is 0.430. The van der Waals surface area contributed by atoms with Gasteiger partial charge in [-0.3, -0.25) is 9.79 Å². The highest BCUT2D eigenvalue weighted by molar-refractivity contribution is 7.99. The van der Waals surface area contributed by atoms with E-state index < -0.39 is 0 Å². The fraction of sp³-hybridized carbons (Fsp3) is 0.909. The van der Waals surface area contributed by atoms with Crippen LogP contribution in [0.15, 0.2) is 4.99 Å². The van der Waals surface area contributed by atoms with Crippen molar-refractivity contribution in [1.29, 1.82) is 0 Å². The van der Waals surface area contributed by atoms with Gasteiger partial charge in [-0.15, -0.1) is 0 Å². The van der Waals surface area contributed by atoms with Gasteiger partial charge >= 0.3 is 0 Å². The Labute approximate surface area is 175 Å². The minimum Gasteiger partial charge on any atom is -0.357 e. The highest BCUT2D eigenvalue weighted by Crippen LogP contribution is 2.41. The molecule has 0 unspecified atom stereocenters. The Morgan fingerprint density at radius 1 is 1.11 bits per heavy atom. The first-order valence-corrected chi connectivity index (χ1v) is 12.7. The van der Waals surface area contributed by atoms with E-state index in [0.717, 1.165) is 69.3 Å². The van der Waals surface area contributed by atoms with Crippen LogP contribution in [-0.4, -0.2) is 60.5 Å². The second kappa shape index (κ2) is 10.7. The van der Waals surface area contributed by atoms with Crippen LogP contribution in [0.1, 0.15) is 71.6 Å². The Morgan fingerprint density at radius 3 is 2.39 bits per heavy atom. The molecule has 0 bridgehead atoms. The van der Waals surface area contributed by atoms with Crippen molar-refractivity contribution in [1.82, 2.24) is 15.5 Å². The zero-order valence-corrected chi connectivity index (χ0v) is 18.8. The summed E-state index contributed by atoms with van der Waals surface area (Å²) in [6, 6.07) is 0.444. The molecule has 2 aliphatic carbocycles. The van der Waals surface area contributed by atoms with Crippen LogP contribution in [0.25, 0.3) is 0 Å². The highest BCUT2D eigenvalue weighted by atomic mass is 32.2. The topological polar surface area (TPSA) is 56.7 Å². The van der Waals surface area contributed by atoms with Crippen LogP contribution in [-0.2, 0) is 4.79 Å². The molecule has 5 nitrogen and oxygen atoms in total. The number of nitrogens with zero attached hydrogens (tertiary/aromatic N) is 2. The van der Waals surface area contributed by atoms with Crippen LogP contribution in [0, 0.1) is 11.3 Å². The van der Waals surface area contributed by atoms with Crippen molar-refractivity contribution in [3.63, 3.8) is 0 Å². The fourth-order valence-electron chi connectivity index (χ4n) is 5.04. The second-order valence-electron chi connectivity index (χ2n) is 8.89. The normalized spacial score (nSPS) is 28.2. The van der Waals surface area contributed by atoms with Gasteiger partial charge in [-0.05, 0) is 57.3 Å². The quantitative estimate of drug-likeness (QED) is 0.520. The van der Waals surface area contributed by atoms with Gasteiger partial charge in [0, 0.05) is 49.6 Å².